The van der Waals surface area contributed by atoms with Gasteiger partial charge in [-0.1, -0.05) is 18.2 Å². The van der Waals surface area contributed by atoms with Crippen LogP contribution in [-0.4, -0.2) is 92.1 Å². The molecule has 2 saturated heterocycles. The minimum absolute atomic E-state index is 0.298. The lowest BCUT2D eigenvalue weighted by atomic mass is 9.93. The Morgan fingerprint density at radius 2 is 1.84 bits per heavy atom. The van der Waals surface area contributed by atoms with Crippen molar-refractivity contribution in [2.45, 2.75) is 38.5 Å². The molecule has 1 atom stereocenters. The average molecular weight is 428 g/mol. The Balaban J connectivity index is 1.31. The molecular weight excluding hydrogens is 390 g/mol. The first-order valence-electron chi connectivity index (χ1n) is 12.0. The number of hydrogen-bond donors (Lipinski definition) is 1. The highest BCUT2D eigenvalue weighted by atomic mass is 16.5. The zero-order valence-corrected chi connectivity index (χ0v) is 18.9. The number of benzene rings is 1. The first-order valence-corrected chi connectivity index (χ1v) is 12.0. The number of piperidine rings is 1. The molecule has 1 aromatic rings. The molecule has 170 valence electrons. The van der Waals surface area contributed by atoms with E-state index >= 15 is 0 Å². The molecule has 1 aromatic carbocycles. The monoisotopic (exact) mass is 427 g/mol. The summed E-state index contributed by atoms with van der Waals surface area (Å²) in [6.07, 6.45) is 4.57. The van der Waals surface area contributed by atoms with Gasteiger partial charge in [0.25, 0.3) is 0 Å². The van der Waals surface area contributed by atoms with Crippen LogP contribution in [0.4, 0.5) is 0 Å². The third kappa shape index (κ3) is 5.70. The van der Waals surface area contributed by atoms with E-state index in [-0.39, 0.29) is 0 Å². The van der Waals surface area contributed by atoms with Gasteiger partial charge in [0.1, 0.15) is 5.75 Å². The number of piperazine rings is 1. The topological polar surface area (TPSA) is 60.4 Å². The summed E-state index contributed by atoms with van der Waals surface area (Å²) in [5.74, 6) is 2.70. The van der Waals surface area contributed by atoms with Gasteiger partial charge in [0.15, 0.2) is 5.96 Å². The molecule has 4 rings (SSSR count). The number of carbonyl (C=O) groups excluding carboxylic acids is 1. The Morgan fingerprint density at radius 3 is 2.61 bits per heavy atom. The number of para-hydroxylation sites is 1. The molecule has 3 aliphatic heterocycles. The fourth-order valence-electron chi connectivity index (χ4n) is 4.78. The second kappa shape index (κ2) is 10.8. The first kappa shape index (κ1) is 21.9. The summed E-state index contributed by atoms with van der Waals surface area (Å²) < 4.78 is 5.80. The molecule has 0 radical (unpaired) electrons. The van der Waals surface area contributed by atoms with Gasteiger partial charge in [0.2, 0.25) is 5.91 Å². The smallest absolute Gasteiger partial charge is 0.236 e. The van der Waals surface area contributed by atoms with E-state index in [0.29, 0.717) is 18.4 Å². The van der Waals surface area contributed by atoms with Crippen LogP contribution in [0.25, 0.3) is 0 Å². The van der Waals surface area contributed by atoms with Gasteiger partial charge < -0.3 is 19.9 Å². The summed E-state index contributed by atoms with van der Waals surface area (Å²) in [6, 6.07) is 8.34. The fourth-order valence-corrected chi connectivity index (χ4v) is 4.78. The molecule has 3 heterocycles. The molecule has 7 heteroatoms. The highest BCUT2D eigenvalue weighted by Crippen LogP contribution is 2.33. The molecule has 31 heavy (non-hydrogen) atoms. The maximum atomic E-state index is 12.6. The van der Waals surface area contributed by atoms with Gasteiger partial charge in [-0.05, 0) is 44.2 Å². The van der Waals surface area contributed by atoms with Gasteiger partial charge in [0.05, 0.1) is 13.2 Å². The summed E-state index contributed by atoms with van der Waals surface area (Å²) in [6.45, 7) is 10.6. The van der Waals surface area contributed by atoms with E-state index < -0.39 is 0 Å². The number of hydrogen-bond acceptors (Lipinski definition) is 4. The predicted octanol–water partition coefficient (Wildman–Crippen LogP) is 2.15. The van der Waals surface area contributed by atoms with Crippen molar-refractivity contribution in [1.29, 1.82) is 0 Å². The SMILES string of the molecule is CCNC(=NCC1CCOc2ccccc21)N1CCN(CC(=O)N2CCCCC2)CC1. The second-order valence-electron chi connectivity index (χ2n) is 8.77. The standard InChI is InChI=1S/C24H37N5O2/c1-2-25-24(26-18-20-10-17-31-22-9-5-4-8-21(20)22)29-15-13-27(14-16-29)19-23(30)28-11-6-3-7-12-28/h4-5,8-9,20H,2-3,6-7,10-19H2,1H3,(H,25,26). The Hall–Kier alpha value is -2.28. The van der Waals surface area contributed by atoms with Crippen LogP contribution in [0.1, 0.15) is 44.1 Å². The van der Waals surface area contributed by atoms with Crippen LogP contribution in [0.2, 0.25) is 0 Å². The lowest BCUT2D eigenvalue weighted by Crippen LogP contribution is -2.54. The number of nitrogens with zero attached hydrogens (tertiary/aromatic N) is 4. The molecular formula is C24H37N5O2. The largest absolute Gasteiger partial charge is 0.493 e. The summed E-state index contributed by atoms with van der Waals surface area (Å²) in [5.41, 5.74) is 1.27. The number of rotatable bonds is 5. The Kier molecular flexibility index (Phi) is 7.67. The number of ether oxygens (including phenoxy) is 1. The van der Waals surface area contributed by atoms with Crippen LogP contribution < -0.4 is 10.1 Å². The number of guanidine groups is 1. The summed E-state index contributed by atoms with van der Waals surface area (Å²) in [7, 11) is 0. The van der Waals surface area contributed by atoms with Crippen molar-refractivity contribution in [1.82, 2.24) is 20.0 Å². The molecule has 0 saturated carbocycles. The molecule has 3 aliphatic rings. The first-order chi connectivity index (χ1) is 15.2. The molecule has 0 aromatic heterocycles. The number of aliphatic imine (C=N–C) groups is 1. The molecule has 1 amide bonds. The minimum Gasteiger partial charge on any atom is -0.493 e. The lowest BCUT2D eigenvalue weighted by Gasteiger charge is -2.37. The van der Waals surface area contributed by atoms with E-state index in [1.807, 2.05) is 11.0 Å². The van der Waals surface area contributed by atoms with Crippen LogP contribution in [0.3, 0.4) is 0 Å². The Bertz CT molecular complexity index is 754. The van der Waals surface area contributed by atoms with Crippen LogP contribution in [0.5, 0.6) is 5.75 Å². The van der Waals surface area contributed by atoms with Crippen molar-refractivity contribution in [3.05, 3.63) is 29.8 Å². The average Bonchev–Trinajstić information content (AvgIpc) is 2.83. The van der Waals surface area contributed by atoms with Crippen molar-refractivity contribution in [2.24, 2.45) is 4.99 Å². The fraction of sp³-hybridized carbons (Fsp3) is 0.667. The zero-order chi connectivity index (χ0) is 21.5. The quantitative estimate of drug-likeness (QED) is 0.576. The van der Waals surface area contributed by atoms with E-state index in [1.165, 1.54) is 12.0 Å². The van der Waals surface area contributed by atoms with Gasteiger partial charge >= 0.3 is 0 Å². The minimum atomic E-state index is 0.298. The summed E-state index contributed by atoms with van der Waals surface area (Å²) in [4.78, 5) is 24.3. The van der Waals surface area contributed by atoms with Crippen molar-refractivity contribution < 1.29 is 9.53 Å². The third-order valence-electron chi connectivity index (χ3n) is 6.62. The van der Waals surface area contributed by atoms with Gasteiger partial charge in [-0.25, -0.2) is 0 Å². The van der Waals surface area contributed by atoms with Crippen molar-refractivity contribution in [3.63, 3.8) is 0 Å². The number of nitrogens with one attached hydrogen (secondary N) is 1. The van der Waals surface area contributed by atoms with Crippen molar-refractivity contribution in [2.75, 3.05) is 65.5 Å². The number of fused-ring (bicyclic) bond motifs is 1. The number of amides is 1. The molecule has 2 fully saturated rings. The highest BCUT2D eigenvalue weighted by Gasteiger charge is 2.25. The molecule has 1 unspecified atom stereocenters. The summed E-state index contributed by atoms with van der Waals surface area (Å²) >= 11 is 0. The molecule has 1 N–H and O–H groups in total. The van der Waals surface area contributed by atoms with Gasteiger partial charge in [-0.15, -0.1) is 0 Å². The van der Waals surface area contributed by atoms with E-state index in [1.54, 1.807) is 0 Å². The van der Waals surface area contributed by atoms with Gasteiger partial charge in [-0.2, -0.15) is 0 Å². The Morgan fingerprint density at radius 1 is 1.06 bits per heavy atom. The van der Waals surface area contributed by atoms with E-state index in [0.717, 1.165) is 89.9 Å². The maximum Gasteiger partial charge on any atom is 0.236 e. The maximum absolute atomic E-state index is 12.6. The van der Waals surface area contributed by atoms with E-state index in [2.05, 4.69) is 40.2 Å². The van der Waals surface area contributed by atoms with E-state index in [9.17, 15) is 4.79 Å². The zero-order valence-electron chi connectivity index (χ0n) is 18.9. The van der Waals surface area contributed by atoms with Crippen LogP contribution >= 0.6 is 0 Å². The van der Waals surface area contributed by atoms with Crippen LogP contribution in [0.15, 0.2) is 29.3 Å². The second-order valence-corrected chi connectivity index (χ2v) is 8.77. The van der Waals surface area contributed by atoms with Crippen LogP contribution in [-0.2, 0) is 4.79 Å². The van der Waals surface area contributed by atoms with Gasteiger partial charge in [0, 0.05) is 58.3 Å². The molecule has 0 spiro atoms. The van der Waals surface area contributed by atoms with Crippen molar-refractivity contribution in [3.8, 4) is 5.75 Å². The highest BCUT2D eigenvalue weighted by molar-refractivity contribution is 5.80. The molecule has 0 aliphatic carbocycles. The third-order valence-corrected chi connectivity index (χ3v) is 6.62. The van der Waals surface area contributed by atoms with Crippen molar-refractivity contribution >= 4 is 11.9 Å². The van der Waals surface area contributed by atoms with E-state index in [4.69, 9.17) is 9.73 Å². The van der Waals surface area contributed by atoms with Gasteiger partial charge in [-0.3, -0.25) is 14.7 Å². The van der Waals surface area contributed by atoms with Crippen LogP contribution in [0, 0.1) is 0 Å². The molecule has 0 bridgehead atoms. The normalized spacial score (nSPS) is 22.6. The summed E-state index contributed by atoms with van der Waals surface area (Å²) in [5, 5.41) is 3.47. The lowest BCUT2D eigenvalue weighted by molar-refractivity contribution is -0.133. The number of likely N-dealkylation sites (tertiary alicyclic amines) is 1. The number of carbonyl (C=O) groups is 1. The molecule has 7 nitrogen and oxygen atoms in total. The Labute approximate surface area is 186 Å². The predicted molar refractivity (Wildman–Crippen MR) is 124 cm³/mol.